The molecule has 0 saturated carbocycles. The minimum atomic E-state index is -0.259. The molecular formula is C50H40Cl2F2N12. The molecule has 328 valence electrons. The summed E-state index contributed by atoms with van der Waals surface area (Å²) in [5.74, 6) is 2.88. The van der Waals surface area contributed by atoms with Gasteiger partial charge in [0.05, 0.1) is 24.5 Å². The minimum absolute atomic E-state index is 0.256. The molecule has 66 heavy (non-hydrogen) atoms. The summed E-state index contributed by atoms with van der Waals surface area (Å²) < 4.78 is 26.6. The Hall–Kier alpha value is -7.52. The fourth-order valence-corrected chi connectivity index (χ4v) is 8.56. The summed E-state index contributed by atoms with van der Waals surface area (Å²) in [5, 5.41) is 23.4. The predicted molar refractivity (Wildman–Crippen MR) is 257 cm³/mol. The Morgan fingerprint density at radius 1 is 0.455 bits per heavy atom. The van der Waals surface area contributed by atoms with Crippen molar-refractivity contribution in [1.29, 1.82) is 0 Å². The van der Waals surface area contributed by atoms with E-state index < -0.39 is 0 Å². The van der Waals surface area contributed by atoms with Gasteiger partial charge in [-0.25, -0.2) is 18.5 Å². The summed E-state index contributed by atoms with van der Waals surface area (Å²) >= 11 is 12.7. The van der Waals surface area contributed by atoms with Crippen LogP contribution in [0.4, 0.5) is 43.4 Å². The number of piperazine rings is 2. The Kier molecular flexibility index (Phi) is 13.0. The maximum absolute atomic E-state index is 13.3. The van der Waals surface area contributed by atoms with Gasteiger partial charge in [0.25, 0.3) is 0 Å². The molecule has 0 bridgehead atoms. The summed E-state index contributed by atoms with van der Waals surface area (Å²) in [6.07, 6.45) is 4.32. The molecule has 0 aliphatic carbocycles. The van der Waals surface area contributed by atoms with Crippen LogP contribution < -0.4 is 19.6 Å². The molecule has 10 rings (SSSR count). The third-order valence-electron chi connectivity index (χ3n) is 11.7. The first-order valence-electron chi connectivity index (χ1n) is 21.3. The molecule has 12 nitrogen and oxygen atoms in total. The van der Waals surface area contributed by atoms with Gasteiger partial charge in [0.1, 0.15) is 23.3 Å². The van der Waals surface area contributed by atoms with E-state index in [9.17, 15) is 8.78 Å². The molecule has 4 aromatic heterocycles. The van der Waals surface area contributed by atoms with Crippen LogP contribution in [0, 0.1) is 24.8 Å². The minimum Gasteiger partial charge on any atom is -0.353 e. The van der Waals surface area contributed by atoms with Crippen molar-refractivity contribution >= 4 is 79.4 Å². The van der Waals surface area contributed by atoms with Gasteiger partial charge >= 0.3 is 0 Å². The predicted octanol–water partition coefficient (Wildman–Crippen LogP) is 10.6. The van der Waals surface area contributed by atoms with Crippen LogP contribution in [0.3, 0.4) is 0 Å². The molecule has 0 unspecified atom stereocenters. The van der Waals surface area contributed by atoms with Gasteiger partial charge in [-0.1, -0.05) is 65.7 Å². The molecule has 0 atom stereocenters. The maximum atomic E-state index is 13.3. The first-order chi connectivity index (χ1) is 32.2. The fourth-order valence-electron chi connectivity index (χ4n) is 8.21. The molecule has 0 radical (unpaired) electrons. The van der Waals surface area contributed by atoms with E-state index in [2.05, 4.69) is 59.7 Å². The van der Waals surface area contributed by atoms with E-state index >= 15 is 0 Å². The van der Waals surface area contributed by atoms with Gasteiger partial charge in [0.15, 0.2) is 11.6 Å². The molecule has 0 amide bonds. The van der Waals surface area contributed by atoms with Crippen LogP contribution >= 0.6 is 23.2 Å². The van der Waals surface area contributed by atoms with Crippen LogP contribution in [0.1, 0.15) is 22.5 Å². The number of hydrogen-bond acceptors (Lipinski definition) is 10. The average Bonchev–Trinajstić information content (AvgIpc) is 3.36. The average molecular weight is 918 g/mol. The standard InChI is InChI=1S/2C25H20ClFN6/c1-28-20-7-9-24(29-16-20)32-10-12-33(13-11-32)25-21-8-4-18(26)15-22(21)23(30-31-25)14-17-2-5-19(27)6-3-17;1-28-20-7-9-24(29-16-20)32-10-12-33(13-11-32)25-22-15-18(26)4-8-21(22)23(30-31-25)14-17-2-5-19(27)6-3-17/h2*2-9,15-16H,10-14H2. The summed E-state index contributed by atoms with van der Waals surface area (Å²) in [7, 11) is 0. The zero-order chi connectivity index (χ0) is 45.6. The summed E-state index contributed by atoms with van der Waals surface area (Å²) in [5.41, 5.74) is 4.66. The Bertz CT molecular complexity index is 3070. The van der Waals surface area contributed by atoms with Gasteiger partial charge in [0, 0.05) is 109 Å². The Morgan fingerprint density at radius 2 is 0.864 bits per heavy atom. The summed E-state index contributed by atoms with van der Waals surface area (Å²) in [4.78, 5) is 24.5. The maximum Gasteiger partial charge on any atom is 0.205 e. The van der Waals surface area contributed by atoms with Crippen molar-refractivity contribution < 1.29 is 8.78 Å². The van der Waals surface area contributed by atoms with Crippen LogP contribution in [0.5, 0.6) is 0 Å². The highest BCUT2D eigenvalue weighted by Crippen LogP contribution is 2.33. The van der Waals surface area contributed by atoms with E-state index in [-0.39, 0.29) is 11.6 Å². The van der Waals surface area contributed by atoms with E-state index in [0.717, 1.165) is 120 Å². The molecule has 0 N–H and O–H groups in total. The molecule has 4 aromatic carbocycles. The van der Waals surface area contributed by atoms with Crippen LogP contribution in [-0.2, 0) is 12.8 Å². The number of rotatable bonds is 8. The number of aromatic nitrogens is 6. The van der Waals surface area contributed by atoms with Gasteiger partial charge in [-0.2, -0.15) is 10.2 Å². The number of nitrogens with zero attached hydrogens (tertiary/aromatic N) is 12. The second-order valence-electron chi connectivity index (χ2n) is 15.8. The van der Waals surface area contributed by atoms with E-state index in [1.54, 1.807) is 48.8 Å². The van der Waals surface area contributed by atoms with Gasteiger partial charge in [0.2, 0.25) is 11.4 Å². The molecule has 0 spiro atoms. The van der Waals surface area contributed by atoms with E-state index in [0.29, 0.717) is 34.3 Å². The molecule has 2 fully saturated rings. The number of hydrogen-bond donors (Lipinski definition) is 0. The molecule has 2 saturated heterocycles. The smallest absolute Gasteiger partial charge is 0.205 e. The first kappa shape index (κ1) is 43.7. The van der Waals surface area contributed by atoms with Crippen molar-refractivity contribution in [2.24, 2.45) is 0 Å². The van der Waals surface area contributed by atoms with Gasteiger partial charge in [-0.15, -0.1) is 10.2 Å². The lowest BCUT2D eigenvalue weighted by Crippen LogP contribution is -2.47. The summed E-state index contributed by atoms with van der Waals surface area (Å²) in [6.45, 7) is 20.4. The van der Waals surface area contributed by atoms with Crippen molar-refractivity contribution in [3.8, 4) is 0 Å². The van der Waals surface area contributed by atoms with Crippen molar-refractivity contribution in [2.75, 3.05) is 72.0 Å². The third-order valence-corrected chi connectivity index (χ3v) is 12.2. The zero-order valence-corrected chi connectivity index (χ0v) is 37.0. The Labute approximate surface area is 390 Å². The van der Waals surface area contributed by atoms with E-state index in [1.165, 1.54) is 24.3 Å². The second kappa shape index (κ2) is 19.7. The lowest BCUT2D eigenvalue weighted by Gasteiger charge is -2.36. The van der Waals surface area contributed by atoms with Gasteiger partial charge in [-0.05, 0) is 77.9 Å². The zero-order valence-electron chi connectivity index (χ0n) is 35.5. The monoisotopic (exact) mass is 916 g/mol. The summed E-state index contributed by atoms with van der Waals surface area (Å²) in [6, 6.07) is 31.8. The quantitative estimate of drug-likeness (QED) is 0.137. The molecule has 2 aliphatic heterocycles. The molecule has 6 heterocycles. The lowest BCUT2D eigenvalue weighted by molar-refractivity contribution is 0.626. The van der Waals surface area contributed by atoms with Crippen molar-refractivity contribution in [1.82, 2.24) is 30.4 Å². The molecule has 8 aromatic rings. The SMILES string of the molecule is [C-]#[N+]c1ccc(N2CCN(c3nnc(Cc4ccc(F)cc4)c4cc(Cl)ccc34)CC2)nc1.[C-]#[N+]c1ccc(N2CCN(c3nnc(Cc4ccc(F)cc4)c4ccc(Cl)cc34)CC2)nc1. The number of benzene rings is 4. The molecular weight excluding hydrogens is 878 g/mol. The number of pyridine rings is 2. The first-order valence-corrected chi connectivity index (χ1v) is 22.0. The largest absolute Gasteiger partial charge is 0.353 e. The number of fused-ring (bicyclic) bond motifs is 2. The van der Waals surface area contributed by atoms with Crippen molar-refractivity contribution in [2.45, 2.75) is 12.8 Å². The normalized spacial score (nSPS) is 13.8. The molecule has 16 heteroatoms. The van der Waals surface area contributed by atoms with Crippen molar-refractivity contribution in [3.63, 3.8) is 0 Å². The third kappa shape index (κ3) is 9.91. The Balaban J connectivity index is 0.000000166. The van der Waals surface area contributed by atoms with Gasteiger partial charge < -0.3 is 19.6 Å². The number of anilines is 4. The highest BCUT2D eigenvalue weighted by molar-refractivity contribution is 6.32. The van der Waals surface area contributed by atoms with Crippen LogP contribution in [0.15, 0.2) is 122 Å². The van der Waals surface area contributed by atoms with Crippen molar-refractivity contribution in [3.05, 3.63) is 189 Å². The highest BCUT2D eigenvalue weighted by Gasteiger charge is 2.24. The van der Waals surface area contributed by atoms with Crippen LogP contribution in [0.2, 0.25) is 10.0 Å². The van der Waals surface area contributed by atoms with Crippen LogP contribution in [0.25, 0.3) is 31.2 Å². The van der Waals surface area contributed by atoms with E-state index in [4.69, 9.17) is 36.3 Å². The van der Waals surface area contributed by atoms with Gasteiger partial charge in [-0.3, -0.25) is 9.97 Å². The molecule has 2 aliphatic rings. The lowest BCUT2D eigenvalue weighted by atomic mass is 10.0. The second-order valence-corrected chi connectivity index (χ2v) is 16.7. The highest BCUT2D eigenvalue weighted by atomic mass is 35.5. The van der Waals surface area contributed by atoms with E-state index in [1.807, 2.05) is 48.5 Å². The fraction of sp³-hybridized carbons (Fsp3) is 0.200. The topological polar surface area (TPSA) is 99.0 Å². The Morgan fingerprint density at radius 3 is 1.30 bits per heavy atom. The number of halogens is 4. The van der Waals surface area contributed by atoms with Crippen LogP contribution in [-0.4, -0.2) is 82.7 Å².